The number of hydrogen-bond donors (Lipinski definition) is 0. The molecule has 0 aliphatic heterocycles. The fourth-order valence-electron chi connectivity index (χ4n) is 1.78. The van der Waals surface area contributed by atoms with Crippen LogP contribution in [-0.2, 0) is 30.4 Å². The Labute approximate surface area is 129 Å². The van der Waals surface area contributed by atoms with Crippen LogP contribution in [0.25, 0.3) is 0 Å². The molecule has 0 radical (unpaired) electrons. The van der Waals surface area contributed by atoms with Crippen LogP contribution >= 0.6 is 19.2 Å². The van der Waals surface area contributed by atoms with Gasteiger partial charge in [0, 0.05) is 5.56 Å². The molecule has 8 heteroatoms. The van der Waals surface area contributed by atoms with Crippen LogP contribution < -0.4 is 0 Å². The third-order valence-electron chi connectivity index (χ3n) is 2.60. The zero-order valence-corrected chi connectivity index (χ0v) is 14.0. The molecule has 0 saturated heterocycles. The summed E-state index contributed by atoms with van der Waals surface area (Å²) in [5.74, 6) is -0.165. The molecule has 0 fully saturated rings. The van der Waals surface area contributed by atoms with E-state index in [0.29, 0.717) is 11.3 Å². The lowest BCUT2D eigenvalue weighted by Crippen LogP contribution is -2.06. The van der Waals surface area contributed by atoms with E-state index in [1.807, 2.05) is 0 Å². The summed E-state index contributed by atoms with van der Waals surface area (Å²) in [6, 6.07) is 0. The lowest BCUT2D eigenvalue weighted by Gasteiger charge is -2.16. The highest BCUT2D eigenvalue weighted by Gasteiger charge is 2.30. The fraction of sp³-hybridized carbons (Fsp3) is 0.615. The molecule has 21 heavy (non-hydrogen) atoms. The van der Waals surface area contributed by atoms with Crippen LogP contribution in [0.4, 0.5) is 0 Å². The Morgan fingerprint density at radius 2 is 1.86 bits per heavy atom. The second-order valence-corrected chi connectivity index (χ2v) is 6.33. The maximum absolute atomic E-state index is 12.5. The van der Waals surface area contributed by atoms with Gasteiger partial charge in [0.25, 0.3) is 0 Å². The third-order valence-corrected chi connectivity index (χ3v) is 4.84. The minimum Gasteiger partial charge on any atom is -0.467 e. The van der Waals surface area contributed by atoms with E-state index in [9.17, 15) is 9.36 Å². The van der Waals surface area contributed by atoms with E-state index in [4.69, 9.17) is 29.8 Å². The molecule has 0 saturated carbocycles. The van der Waals surface area contributed by atoms with Crippen molar-refractivity contribution in [1.29, 1.82) is 0 Å². The van der Waals surface area contributed by atoms with Gasteiger partial charge in [-0.1, -0.05) is 0 Å². The number of carbonyl (C=O) groups is 1. The van der Waals surface area contributed by atoms with Crippen molar-refractivity contribution in [1.82, 2.24) is 0 Å². The molecule has 0 amide bonds. The Bertz CT molecular complexity index is 503. The first-order valence-corrected chi connectivity index (χ1v) is 8.97. The van der Waals surface area contributed by atoms with E-state index >= 15 is 0 Å². The van der Waals surface area contributed by atoms with E-state index in [1.165, 1.54) is 6.26 Å². The van der Waals surface area contributed by atoms with Crippen LogP contribution in [0.2, 0.25) is 0 Å². The molecule has 1 rings (SSSR count). The maximum Gasteiger partial charge on any atom is 0.341 e. The Hall–Kier alpha value is -0.810. The van der Waals surface area contributed by atoms with Gasteiger partial charge in [-0.05, 0) is 20.8 Å². The number of alkyl halides is 1. The zero-order valence-electron chi connectivity index (χ0n) is 12.4. The number of hydrogen-bond acceptors (Lipinski definition) is 6. The molecule has 0 aliphatic rings. The van der Waals surface area contributed by atoms with Gasteiger partial charge in [0.05, 0.1) is 25.7 Å². The molecule has 1 aromatic heterocycles. The number of ether oxygens (including phenoxy) is 1. The maximum atomic E-state index is 12.5. The molecule has 0 unspecified atom stereocenters. The van der Waals surface area contributed by atoms with Gasteiger partial charge in [0.2, 0.25) is 0 Å². The zero-order chi connectivity index (χ0) is 15.9. The van der Waals surface area contributed by atoms with E-state index in [0.717, 1.165) is 0 Å². The summed E-state index contributed by atoms with van der Waals surface area (Å²) in [6.07, 6.45) is 1.18. The summed E-state index contributed by atoms with van der Waals surface area (Å²) in [5, 5.41) is 0. The van der Waals surface area contributed by atoms with Crippen molar-refractivity contribution in [3.63, 3.8) is 0 Å². The first-order valence-electron chi connectivity index (χ1n) is 6.71. The molecule has 0 atom stereocenters. The Balaban J connectivity index is 3.02. The van der Waals surface area contributed by atoms with Crippen molar-refractivity contribution < 1.29 is 27.6 Å². The predicted octanol–water partition coefficient (Wildman–Crippen LogP) is 3.96. The molecule has 6 nitrogen and oxygen atoms in total. The molecular formula is C13H20ClO6P. The highest BCUT2D eigenvalue weighted by atomic mass is 35.5. The summed E-state index contributed by atoms with van der Waals surface area (Å²) in [5.41, 5.74) is 0.691. The van der Waals surface area contributed by atoms with E-state index in [2.05, 4.69) is 0 Å². The van der Waals surface area contributed by atoms with Gasteiger partial charge in [-0.15, -0.1) is 11.6 Å². The van der Waals surface area contributed by atoms with Crippen LogP contribution in [0.15, 0.2) is 10.7 Å². The normalized spacial score (nSPS) is 11.6. The van der Waals surface area contributed by atoms with E-state index in [1.54, 1.807) is 20.8 Å². The minimum atomic E-state index is -3.32. The third kappa shape index (κ3) is 4.85. The molecular weight excluding hydrogens is 319 g/mol. The van der Waals surface area contributed by atoms with Crippen molar-refractivity contribution in [2.75, 3.05) is 19.8 Å². The topological polar surface area (TPSA) is 75.0 Å². The smallest absolute Gasteiger partial charge is 0.341 e. The van der Waals surface area contributed by atoms with Crippen LogP contribution in [-0.4, -0.2) is 25.8 Å². The Morgan fingerprint density at radius 1 is 1.24 bits per heavy atom. The van der Waals surface area contributed by atoms with E-state index in [-0.39, 0.29) is 37.4 Å². The van der Waals surface area contributed by atoms with Crippen molar-refractivity contribution in [3.05, 3.63) is 23.2 Å². The summed E-state index contributed by atoms with van der Waals surface area (Å²) in [6.45, 7) is 5.90. The number of esters is 1. The Morgan fingerprint density at radius 3 is 2.33 bits per heavy atom. The van der Waals surface area contributed by atoms with Gasteiger partial charge >= 0.3 is 13.6 Å². The van der Waals surface area contributed by atoms with Crippen LogP contribution in [0.1, 0.15) is 42.5 Å². The lowest BCUT2D eigenvalue weighted by atomic mass is 10.2. The average molecular weight is 339 g/mol. The summed E-state index contributed by atoms with van der Waals surface area (Å²) < 4.78 is 33.1. The number of carbonyl (C=O) groups excluding carboxylic acids is 1. The van der Waals surface area contributed by atoms with Gasteiger partial charge in [-0.2, -0.15) is 0 Å². The molecule has 0 bridgehead atoms. The summed E-state index contributed by atoms with van der Waals surface area (Å²) in [4.78, 5) is 11.8. The molecule has 0 spiro atoms. The second-order valence-electron chi connectivity index (χ2n) is 4.01. The largest absolute Gasteiger partial charge is 0.467 e. The molecule has 0 aliphatic carbocycles. The van der Waals surface area contributed by atoms with Gasteiger partial charge in [0.15, 0.2) is 0 Å². The second kappa shape index (κ2) is 8.59. The predicted molar refractivity (Wildman–Crippen MR) is 78.8 cm³/mol. The highest BCUT2D eigenvalue weighted by Crippen LogP contribution is 2.52. The van der Waals surface area contributed by atoms with Gasteiger partial charge in [-0.25, -0.2) is 4.79 Å². The number of halogens is 1. The number of rotatable bonds is 9. The first kappa shape index (κ1) is 18.2. The summed E-state index contributed by atoms with van der Waals surface area (Å²) >= 11 is 5.87. The SMILES string of the molecule is CCOC(=O)c1coc(CP(=O)(OCC)OCC)c1CCl. The first-order chi connectivity index (χ1) is 10.0. The van der Waals surface area contributed by atoms with Crippen molar-refractivity contribution in [3.8, 4) is 0 Å². The van der Waals surface area contributed by atoms with Crippen LogP contribution in [0.3, 0.4) is 0 Å². The highest BCUT2D eigenvalue weighted by molar-refractivity contribution is 7.53. The molecule has 1 aromatic rings. The molecule has 120 valence electrons. The van der Waals surface area contributed by atoms with E-state index < -0.39 is 13.6 Å². The molecule has 1 heterocycles. The Kier molecular flexibility index (Phi) is 7.46. The standard InChI is InChI=1S/C13H20ClO6P/c1-4-17-13(15)11-8-18-12(10(11)7-14)9-21(16,19-5-2)20-6-3/h8H,4-7,9H2,1-3H3. The monoisotopic (exact) mass is 338 g/mol. The minimum absolute atomic E-state index is 0.0399. The quantitative estimate of drug-likeness (QED) is 0.385. The summed E-state index contributed by atoms with van der Waals surface area (Å²) in [7, 11) is -3.32. The number of furan rings is 1. The van der Waals surface area contributed by atoms with Crippen LogP contribution in [0, 0.1) is 0 Å². The van der Waals surface area contributed by atoms with Gasteiger partial charge < -0.3 is 18.2 Å². The van der Waals surface area contributed by atoms with Crippen molar-refractivity contribution in [2.45, 2.75) is 32.8 Å². The average Bonchev–Trinajstić information content (AvgIpc) is 2.81. The van der Waals surface area contributed by atoms with Gasteiger partial charge in [-0.3, -0.25) is 4.57 Å². The molecule has 0 N–H and O–H groups in total. The fourth-order valence-corrected chi connectivity index (χ4v) is 3.73. The van der Waals surface area contributed by atoms with Gasteiger partial charge in [0.1, 0.15) is 23.7 Å². The van der Waals surface area contributed by atoms with Crippen molar-refractivity contribution in [2.24, 2.45) is 0 Å². The van der Waals surface area contributed by atoms with Crippen molar-refractivity contribution >= 4 is 25.2 Å². The lowest BCUT2D eigenvalue weighted by molar-refractivity contribution is 0.0524. The molecule has 0 aromatic carbocycles. The van der Waals surface area contributed by atoms with Crippen LogP contribution in [0.5, 0.6) is 0 Å².